The Morgan fingerprint density at radius 2 is 2.21 bits per heavy atom. The highest BCUT2D eigenvalue weighted by molar-refractivity contribution is 5.74. The number of hydrogen-bond acceptors (Lipinski definition) is 4. The molecule has 0 aliphatic heterocycles. The minimum absolute atomic E-state index is 0.278. The molecule has 4 heteroatoms. The molecule has 0 aromatic carbocycles. The Morgan fingerprint density at radius 1 is 1.64 bits per heavy atom. The van der Waals surface area contributed by atoms with Gasteiger partial charge in [0.2, 0.25) is 0 Å². The van der Waals surface area contributed by atoms with E-state index < -0.39 is 0 Å². The van der Waals surface area contributed by atoms with E-state index in [1.165, 1.54) is 7.11 Å². The van der Waals surface area contributed by atoms with E-state index in [0.717, 1.165) is 0 Å². The maximum Gasteiger partial charge on any atom is 0.322 e. The van der Waals surface area contributed by atoms with E-state index in [4.69, 9.17) is 5.26 Å². The summed E-state index contributed by atoms with van der Waals surface area (Å²) in [6, 6.07) is 1.89. The first-order chi connectivity index (χ1) is 6.43. The Balaban J connectivity index is 3.76. The van der Waals surface area contributed by atoms with Crippen molar-refractivity contribution < 1.29 is 9.53 Å². The van der Waals surface area contributed by atoms with E-state index in [1.54, 1.807) is 6.92 Å². The van der Waals surface area contributed by atoms with Crippen molar-refractivity contribution in [3.8, 4) is 6.07 Å². The molecule has 0 spiro atoms. The number of hydrogen-bond donors (Lipinski definition) is 1. The fourth-order valence-electron chi connectivity index (χ4n) is 0.917. The van der Waals surface area contributed by atoms with Gasteiger partial charge >= 0.3 is 5.97 Å². The van der Waals surface area contributed by atoms with Crippen LogP contribution in [0.5, 0.6) is 0 Å². The summed E-state index contributed by atoms with van der Waals surface area (Å²) in [5.74, 6) is -0.278. The molecule has 0 bridgehead atoms. The number of carbonyl (C=O) groups excluding carboxylic acids is 1. The monoisotopic (exact) mass is 198 g/mol. The molecule has 0 radical (unpaired) electrons. The van der Waals surface area contributed by atoms with Crippen LogP contribution in [0, 0.1) is 16.7 Å². The zero-order chi connectivity index (χ0) is 11.2. The number of carbonyl (C=O) groups is 1. The Kier molecular flexibility index (Phi) is 5.18. The van der Waals surface area contributed by atoms with Gasteiger partial charge in [-0.3, -0.25) is 4.79 Å². The first-order valence-electron chi connectivity index (χ1n) is 4.65. The van der Waals surface area contributed by atoms with Crippen molar-refractivity contribution in [2.45, 2.75) is 33.2 Å². The van der Waals surface area contributed by atoms with Crippen molar-refractivity contribution in [3.05, 3.63) is 0 Å². The van der Waals surface area contributed by atoms with Gasteiger partial charge in [0.15, 0.2) is 0 Å². The molecule has 1 N–H and O–H groups in total. The van der Waals surface area contributed by atoms with Crippen molar-refractivity contribution in [3.63, 3.8) is 0 Å². The van der Waals surface area contributed by atoms with Crippen molar-refractivity contribution in [1.29, 1.82) is 5.26 Å². The van der Waals surface area contributed by atoms with Crippen molar-refractivity contribution in [2.24, 2.45) is 5.41 Å². The molecule has 14 heavy (non-hydrogen) atoms. The van der Waals surface area contributed by atoms with Crippen molar-refractivity contribution in [1.82, 2.24) is 5.32 Å². The first kappa shape index (κ1) is 12.9. The summed E-state index contributed by atoms with van der Waals surface area (Å²) < 4.78 is 4.55. The molecular weight excluding hydrogens is 180 g/mol. The third-order valence-corrected chi connectivity index (χ3v) is 2.06. The van der Waals surface area contributed by atoms with Gasteiger partial charge in [0, 0.05) is 0 Å². The van der Waals surface area contributed by atoms with Crippen LogP contribution in [0.15, 0.2) is 0 Å². The van der Waals surface area contributed by atoms with Gasteiger partial charge < -0.3 is 10.1 Å². The summed E-state index contributed by atoms with van der Waals surface area (Å²) in [5.41, 5.74) is -0.344. The fraction of sp³-hybridized carbons (Fsp3) is 0.800. The molecule has 0 amide bonds. The van der Waals surface area contributed by atoms with Gasteiger partial charge in [-0.2, -0.15) is 5.26 Å². The van der Waals surface area contributed by atoms with Gasteiger partial charge in [0.05, 0.1) is 18.6 Å². The normalized spacial score (nSPS) is 13.1. The van der Waals surface area contributed by atoms with Gasteiger partial charge in [0.25, 0.3) is 0 Å². The smallest absolute Gasteiger partial charge is 0.322 e. The number of methoxy groups -OCH3 is 1. The molecule has 80 valence electrons. The van der Waals surface area contributed by atoms with Crippen LogP contribution >= 0.6 is 0 Å². The van der Waals surface area contributed by atoms with Crippen LogP contribution in [0.25, 0.3) is 0 Å². The number of esters is 1. The molecule has 4 nitrogen and oxygen atoms in total. The fourth-order valence-corrected chi connectivity index (χ4v) is 0.917. The summed E-state index contributed by atoms with van der Waals surface area (Å²) in [6.07, 6.45) is 0.713. The zero-order valence-corrected chi connectivity index (χ0v) is 9.26. The predicted octanol–water partition coefficient (Wildman–Crippen LogP) is 1.08. The predicted molar refractivity (Wildman–Crippen MR) is 53.5 cm³/mol. The van der Waals surface area contributed by atoms with Gasteiger partial charge in [-0.15, -0.1) is 0 Å². The molecule has 1 atom stereocenters. The van der Waals surface area contributed by atoms with E-state index in [-0.39, 0.29) is 17.4 Å². The average Bonchev–Trinajstić information content (AvgIpc) is 2.16. The molecule has 0 fully saturated rings. The summed E-state index contributed by atoms with van der Waals surface area (Å²) in [4.78, 5) is 11.0. The SMILES string of the molecule is COC(=O)C(C)NCCC(C)(C)C#N. The zero-order valence-electron chi connectivity index (χ0n) is 9.26. The highest BCUT2D eigenvalue weighted by atomic mass is 16.5. The van der Waals surface area contributed by atoms with Gasteiger partial charge in [-0.05, 0) is 33.7 Å². The lowest BCUT2D eigenvalue weighted by Crippen LogP contribution is -2.36. The van der Waals surface area contributed by atoms with Crippen LogP contribution in [-0.2, 0) is 9.53 Å². The number of ether oxygens (including phenoxy) is 1. The molecule has 0 aliphatic carbocycles. The second-order valence-corrected chi connectivity index (χ2v) is 3.94. The topological polar surface area (TPSA) is 62.1 Å². The molecule has 1 unspecified atom stereocenters. The Morgan fingerprint density at radius 3 is 2.64 bits per heavy atom. The lowest BCUT2D eigenvalue weighted by Gasteiger charge is -2.17. The molecule has 0 saturated carbocycles. The van der Waals surface area contributed by atoms with Crippen LogP contribution in [0.1, 0.15) is 27.2 Å². The number of nitrogens with one attached hydrogen (secondary N) is 1. The summed E-state index contributed by atoms with van der Waals surface area (Å²) >= 11 is 0. The highest BCUT2D eigenvalue weighted by Gasteiger charge is 2.18. The van der Waals surface area contributed by atoms with Crippen LogP contribution in [0.2, 0.25) is 0 Å². The standard InChI is InChI=1S/C10H18N2O2/c1-8(9(13)14-4)12-6-5-10(2,3)7-11/h8,12H,5-6H2,1-4H3. The summed E-state index contributed by atoms with van der Waals surface area (Å²) in [7, 11) is 1.36. The molecule has 0 aromatic heterocycles. The second-order valence-electron chi connectivity index (χ2n) is 3.94. The van der Waals surface area contributed by atoms with Crippen molar-refractivity contribution in [2.75, 3.05) is 13.7 Å². The van der Waals surface area contributed by atoms with Crippen LogP contribution in [0.3, 0.4) is 0 Å². The second kappa shape index (κ2) is 5.61. The van der Waals surface area contributed by atoms with E-state index in [9.17, 15) is 4.79 Å². The quantitative estimate of drug-likeness (QED) is 0.671. The number of rotatable bonds is 5. The molecular formula is C10H18N2O2. The molecule has 0 rings (SSSR count). The van der Waals surface area contributed by atoms with Gasteiger partial charge in [0.1, 0.15) is 6.04 Å². The van der Waals surface area contributed by atoms with E-state index in [1.807, 2.05) is 13.8 Å². The van der Waals surface area contributed by atoms with E-state index in [0.29, 0.717) is 13.0 Å². The molecule has 0 heterocycles. The van der Waals surface area contributed by atoms with E-state index >= 15 is 0 Å². The highest BCUT2D eigenvalue weighted by Crippen LogP contribution is 2.17. The largest absolute Gasteiger partial charge is 0.468 e. The van der Waals surface area contributed by atoms with Crippen LogP contribution < -0.4 is 5.32 Å². The summed E-state index contributed by atoms with van der Waals surface area (Å²) in [6.45, 7) is 6.12. The van der Waals surface area contributed by atoms with Gasteiger partial charge in [-0.1, -0.05) is 0 Å². The van der Waals surface area contributed by atoms with Gasteiger partial charge in [-0.25, -0.2) is 0 Å². The molecule has 0 saturated heterocycles. The molecule has 0 aromatic rings. The van der Waals surface area contributed by atoms with Crippen molar-refractivity contribution >= 4 is 5.97 Å². The van der Waals surface area contributed by atoms with Crippen LogP contribution in [-0.4, -0.2) is 25.7 Å². The first-order valence-corrected chi connectivity index (χ1v) is 4.65. The third kappa shape index (κ3) is 4.83. The lowest BCUT2D eigenvalue weighted by molar-refractivity contribution is -0.142. The minimum atomic E-state index is -0.344. The maximum atomic E-state index is 11.0. The molecule has 0 aliphatic rings. The number of nitrogens with zero attached hydrogens (tertiary/aromatic N) is 1. The van der Waals surface area contributed by atoms with E-state index in [2.05, 4.69) is 16.1 Å². The lowest BCUT2D eigenvalue weighted by atomic mass is 9.91. The average molecular weight is 198 g/mol. The Labute approximate surface area is 85.2 Å². The maximum absolute atomic E-state index is 11.0. The van der Waals surface area contributed by atoms with Crippen LogP contribution in [0.4, 0.5) is 0 Å². The third-order valence-electron chi connectivity index (χ3n) is 2.06. The Hall–Kier alpha value is -1.08. The number of nitriles is 1. The summed E-state index contributed by atoms with van der Waals surface area (Å²) in [5, 5.41) is 11.7. The minimum Gasteiger partial charge on any atom is -0.468 e. The Bertz CT molecular complexity index is 231.